The molecule has 0 spiro atoms. The monoisotopic (exact) mass is 443 g/mol. The van der Waals surface area contributed by atoms with Crippen molar-refractivity contribution in [1.29, 1.82) is 0 Å². The minimum atomic E-state index is -0.0935. The van der Waals surface area contributed by atoms with Crippen LogP contribution in [0.1, 0.15) is 34.6 Å². The fourth-order valence-corrected chi connectivity index (χ4v) is 3.81. The number of benzene rings is 3. The van der Waals surface area contributed by atoms with E-state index in [1.807, 2.05) is 73.7 Å². The van der Waals surface area contributed by atoms with Gasteiger partial charge in [0.1, 0.15) is 17.3 Å². The number of fused-ring (bicyclic) bond motifs is 1. The Labute approximate surface area is 194 Å². The van der Waals surface area contributed by atoms with E-state index in [9.17, 15) is 4.79 Å². The van der Waals surface area contributed by atoms with Crippen LogP contribution in [0.25, 0.3) is 11.0 Å². The maximum absolute atomic E-state index is 12.6. The van der Waals surface area contributed by atoms with Crippen molar-refractivity contribution in [2.75, 3.05) is 13.7 Å². The second-order valence-corrected chi connectivity index (χ2v) is 7.96. The molecule has 4 rings (SSSR count). The number of hydrogen-bond donors (Lipinski definition) is 1. The SMILES string of the molecule is COc1cccc(OCCCCn2c(CNC(=O)c3cccc(C)c3)nc3ccccc32)c1. The molecule has 1 N–H and O–H groups in total. The summed E-state index contributed by atoms with van der Waals surface area (Å²) >= 11 is 0. The van der Waals surface area contributed by atoms with Gasteiger partial charge >= 0.3 is 0 Å². The maximum atomic E-state index is 12.6. The molecule has 0 bridgehead atoms. The van der Waals surface area contributed by atoms with Gasteiger partial charge in [-0.3, -0.25) is 4.79 Å². The number of imidazole rings is 1. The third-order valence-corrected chi connectivity index (χ3v) is 5.51. The molecule has 0 saturated carbocycles. The Balaban J connectivity index is 1.37. The minimum absolute atomic E-state index is 0.0935. The molecule has 0 atom stereocenters. The standard InChI is InChI=1S/C27H29N3O3/c1-20-9-7-10-21(17-20)27(31)28-19-26-29-24-13-3-4-14-25(24)30(26)15-5-6-16-33-23-12-8-11-22(18-23)32-2/h3-4,7-14,17-18H,5-6,15-16,19H2,1-2H3,(H,28,31). The number of rotatable bonds is 10. The highest BCUT2D eigenvalue weighted by Crippen LogP contribution is 2.20. The summed E-state index contributed by atoms with van der Waals surface area (Å²) in [5, 5.41) is 3.02. The Morgan fingerprint density at radius 3 is 2.64 bits per heavy atom. The predicted molar refractivity (Wildman–Crippen MR) is 130 cm³/mol. The molecule has 6 nitrogen and oxygen atoms in total. The summed E-state index contributed by atoms with van der Waals surface area (Å²) in [6.07, 6.45) is 1.84. The van der Waals surface area contributed by atoms with Gasteiger partial charge in [0.15, 0.2) is 0 Å². The van der Waals surface area contributed by atoms with E-state index in [2.05, 4.69) is 16.0 Å². The van der Waals surface area contributed by atoms with Gasteiger partial charge in [-0.25, -0.2) is 4.98 Å². The van der Waals surface area contributed by atoms with Gasteiger partial charge in [0.05, 0.1) is 31.3 Å². The van der Waals surface area contributed by atoms with Crippen LogP contribution in [0.3, 0.4) is 0 Å². The maximum Gasteiger partial charge on any atom is 0.251 e. The van der Waals surface area contributed by atoms with Gasteiger partial charge in [-0.2, -0.15) is 0 Å². The summed E-state index contributed by atoms with van der Waals surface area (Å²) < 4.78 is 13.3. The van der Waals surface area contributed by atoms with E-state index in [-0.39, 0.29) is 5.91 Å². The molecule has 1 aromatic heterocycles. The van der Waals surface area contributed by atoms with E-state index >= 15 is 0 Å². The molecule has 3 aromatic carbocycles. The van der Waals surface area contributed by atoms with Crippen LogP contribution < -0.4 is 14.8 Å². The smallest absolute Gasteiger partial charge is 0.251 e. The Morgan fingerprint density at radius 2 is 1.79 bits per heavy atom. The second kappa shape index (κ2) is 10.7. The van der Waals surface area contributed by atoms with Crippen molar-refractivity contribution in [2.24, 2.45) is 0 Å². The zero-order valence-corrected chi connectivity index (χ0v) is 19.1. The first-order valence-electron chi connectivity index (χ1n) is 11.2. The van der Waals surface area contributed by atoms with Gasteiger partial charge in [0, 0.05) is 18.2 Å². The van der Waals surface area contributed by atoms with Crippen LogP contribution in [0.2, 0.25) is 0 Å². The molecule has 33 heavy (non-hydrogen) atoms. The van der Waals surface area contributed by atoms with E-state index in [1.165, 1.54) is 0 Å². The molecular weight excluding hydrogens is 414 g/mol. The van der Waals surface area contributed by atoms with Crippen molar-refractivity contribution < 1.29 is 14.3 Å². The molecule has 0 radical (unpaired) electrons. The third-order valence-electron chi connectivity index (χ3n) is 5.51. The highest BCUT2D eigenvalue weighted by atomic mass is 16.5. The van der Waals surface area contributed by atoms with Crippen molar-refractivity contribution in [3.05, 3.63) is 89.7 Å². The lowest BCUT2D eigenvalue weighted by Gasteiger charge is -2.11. The topological polar surface area (TPSA) is 65.4 Å². The fourth-order valence-electron chi connectivity index (χ4n) is 3.81. The summed E-state index contributed by atoms with van der Waals surface area (Å²) in [5.74, 6) is 2.35. The van der Waals surface area contributed by atoms with Gasteiger partial charge in [-0.05, 0) is 56.2 Å². The van der Waals surface area contributed by atoms with Crippen LogP contribution in [0, 0.1) is 6.92 Å². The van der Waals surface area contributed by atoms with Crippen molar-refractivity contribution in [3.63, 3.8) is 0 Å². The highest BCUT2D eigenvalue weighted by molar-refractivity contribution is 5.94. The molecule has 0 aliphatic heterocycles. The van der Waals surface area contributed by atoms with Crippen LogP contribution >= 0.6 is 0 Å². The van der Waals surface area contributed by atoms with E-state index in [4.69, 9.17) is 14.5 Å². The van der Waals surface area contributed by atoms with Crippen LogP contribution in [0.15, 0.2) is 72.8 Å². The van der Waals surface area contributed by atoms with E-state index in [0.29, 0.717) is 18.7 Å². The Bertz CT molecular complexity index is 1230. The molecule has 1 amide bonds. The first kappa shape index (κ1) is 22.4. The number of carbonyl (C=O) groups excluding carboxylic acids is 1. The largest absolute Gasteiger partial charge is 0.497 e. The van der Waals surface area contributed by atoms with Gasteiger partial charge in [0.2, 0.25) is 0 Å². The number of unbranched alkanes of at least 4 members (excludes halogenated alkanes) is 1. The van der Waals surface area contributed by atoms with Crippen molar-refractivity contribution in [1.82, 2.24) is 14.9 Å². The van der Waals surface area contributed by atoms with Gasteiger partial charge < -0.3 is 19.4 Å². The summed E-state index contributed by atoms with van der Waals surface area (Å²) in [5.41, 5.74) is 3.73. The Kier molecular flexibility index (Phi) is 7.25. The van der Waals surface area contributed by atoms with Gasteiger partial charge in [-0.15, -0.1) is 0 Å². The van der Waals surface area contributed by atoms with Crippen molar-refractivity contribution in [3.8, 4) is 11.5 Å². The zero-order chi connectivity index (χ0) is 23.0. The van der Waals surface area contributed by atoms with Crippen molar-refractivity contribution in [2.45, 2.75) is 32.9 Å². The lowest BCUT2D eigenvalue weighted by molar-refractivity contribution is 0.0949. The highest BCUT2D eigenvalue weighted by Gasteiger charge is 2.12. The van der Waals surface area contributed by atoms with E-state index in [0.717, 1.165) is 53.3 Å². The van der Waals surface area contributed by atoms with Crippen LogP contribution in [-0.2, 0) is 13.1 Å². The molecule has 0 saturated heterocycles. The summed E-state index contributed by atoms with van der Waals surface area (Å²) in [6, 6.07) is 23.3. The number of amides is 1. The summed E-state index contributed by atoms with van der Waals surface area (Å²) in [4.78, 5) is 17.4. The minimum Gasteiger partial charge on any atom is -0.497 e. The number of para-hydroxylation sites is 2. The Morgan fingerprint density at radius 1 is 0.970 bits per heavy atom. The quantitative estimate of drug-likeness (QED) is 0.345. The average Bonchev–Trinajstić information content (AvgIpc) is 3.20. The number of aromatic nitrogens is 2. The van der Waals surface area contributed by atoms with Crippen LogP contribution in [-0.4, -0.2) is 29.2 Å². The second-order valence-electron chi connectivity index (χ2n) is 7.96. The average molecular weight is 444 g/mol. The van der Waals surface area contributed by atoms with Gasteiger partial charge in [-0.1, -0.05) is 35.9 Å². The number of aryl methyl sites for hydroxylation is 2. The zero-order valence-electron chi connectivity index (χ0n) is 19.1. The molecule has 0 aliphatic rings. The Hall–Kier alpha value is -3.80. The number of nitrogens with zero attached hydrogens (tertiary/aromatic N) is 2. The molecule has 4 aromatic rings. The first-order valence-corrected chi connectivity index (χ1v) is 11.2. The fraction of sp³-hybridized carbons (Fsp3) is 0.259. The number of hydrogen-bond acceptors (Lipinski definition) is 4. The van der Waals surface area contributed by atoms with Crippen LogP contribution in [0.4, 0.5) is 0 Å². The molecule has 0 fully saturated rings. The normalized spacial score (nSPS) is 10.8. The first-order chi connectivity index (χ1) is 16.1. The molecular formula is C27H29N3O3. The van der Waals surface area contributed by atoms with E-state index < -0.39 is 0 Å². The van der Waals surface area contributed by atoms with Crippen molar-refractivity contribution >= 4 is 16.9 Å². The number of carbonyl (C=O) groups is 1. The lowest BCUT2D eigenvalue weighted by atomic mass is 10.1. The molecule has 6 heteroatoms. The molecule has 1 heterocycles. The lowest BCUT2D eigenvalue weighted by Crippen LogP contribution is -2.25. The molecule has 0 aliphatic carbocycles. The third kappa shape index (κ3) is 5.71. The van der Waals surface area contributed by atoms with Crippen LogP contribution in [0.5, 0.6) is 11.5 Å². The number of ether oxygens (including phenoxy) is 2. The predicted octanol–water partition coefficient (Wildman–Crippen LogP) is 5.14. The van der Waals surface area contributed by atoms with Gasteiger partial charge in [0.25, 0.3) is 5.91 Å². The summed E-state index contributed by atoms with van der Waals surface area (Å²) in [6.45, 7) is 3.78. The number of methoxy groups -OCH3 is 1. The number of nitrogens with one attached hydrogen (secondary N) is 1. The summed E-state index contributed by atoms with van der Waals surface area (Å²) in [7, 11) is 1.65. The van der Waals surface area contributed by atoms with E-state index in [1.54, 1.807) is 7.11 Å². The molecule has 0 unspecified atom stereocenters. The molecule has 170 valence electrons.